The number of likely N-dealkylation sites (N-methyl/N-ethyl adjacent to an activating group) is 1. The fourth-order valence-electron chi connectivity index (χ4n) is 2.05. The first-order chi connectivity index (χ1) is 8.61. The van der Waals surface area contributed by atoms with Gasteiger partial charge in [0.1, 0.15) is 5.76 Å². The van der Waals surface area contributed by atoms with Crippen LogP contribution in [0.3, 0.4) is 0 Å². The fraction of sp³-hybridized carbons (Fsp3) is 0.500. The average molecular weight is 264 g/mol. The van der Waals surface area contributed by atoms with E-state index in [1.165, 1.54) is 15.4 Å². The van der Waals surface area contributed by atoms with Crippen molar-refractivity contribution in [1.82, 2.24) is 10.3 Å². The van der Waals surface area contributed by atoms with E-state index in [0.717, 1.165) is 24.4 Å². The maximum atomic E-state index is 5.60. The van der Waals surface area contributed by atoms with Crippen molar-refractivity contribution in [2.75, 3.05) is 6.54 Å². The Labute approximate surface area is 112 Å². The lowest BCUT2D eigenvalue weighted by molar-refractivity contribution is 0.413. The summed E-state index contributed by atoms with van der Waals surface area (Å²) in [5.74, 6) is 1.03. The van der Waals surface area contributed by atoms with E-state index >= 15 is 0 Å². The Balaban J connectivity index is 2.19. The number of hydrogen-bond donors (Lipinski definition) is 1. The van der Waals surface area contributed by atoms with Gasteiger partial charge >= 0.3 is 0 Å². The molecule has 0 bridgehead atoms. The molecular formula is C14H20N2OS. The summed E-state index contributed by atoms with van der Waals surface area (Å²) in [5.41, 5.74) is 2.34. The number of aromatic nitrogens is 1. The molecule has 0 fully saturated rings. The minimum atomic E-state index is 0.218. The third-order valence-corrected chi connectivity index (χ3v) is 4.22. The quantitative estimate of drug-likeness (QED) is 0.897. The summed E-state index contributed by atoms with van der Waals surface area (Å²) in [5, 5.41) is 4.65. The summed E-state index contributed by atoms with van der Waals surface area (Å²) in [6.07, 6.45) is 2.65. The highest BCUT2D eigenvalue weighted by Gasteiger charge is 2.18. The maximum Gasteiger partial charge on any atom is 0.123 e. The van der Waals surface area contributed by atoms with E-state index in [1.807, 2.05) is 6.07 Å². The molecule has 0 aliphatic carbocycles. The summed E-state index contributed by atoms with van der Waals surface area (Å²) in [6.45, 7) is 9.31. The van der Waals surface area contributed by atoms with E-state index in [4.69, 9.17) is 4.42 Å². The van der Waals surface area contributed by atoms with Crippen molar-refractivity contribution in [3.63, 3.8) is 0 Å². The van der Waals surface area contributed by atoms with Crippen LogP contribution in [0.1, 0.15) is 39.9 Å². The van der Waals surface area contributed by atoms with Gasteiger partial charge in [0, 0.05) is 11.3 Å². The summed E-state index contributed by atoms with van der Waals surface area (Å²) < 4.78 is 5.60. The predicted molar refractivity (Wildman–Crippen MR) is 75.2 cm³/mol. The Morgan fingerprint density at radius 3 is 2.67 bits per heavy atom. The second-order valence-electron chi connectivity index (χ2n) is 4.53. The first-order valence-electron chi connectivity index (χ1n) is 6.32. The number of nitrogens with one attached hydrogen (secondary N) is 1. The third-order valence-electron chi connectivity index (χ3n) is 3.12. The van der Waals surface area contributed by atoms with Crippen molar-refractivity contribution < 1.29 is 4.42 Å². The molecular weight excluding hydrogens is 244 g/mol. The van der Waals surface area contributed by atoms with Gasteiger partial charge in [-0.15, -0.1) is 11.3 Å². The van der Waals surface area contributed by atoms with Crippen LogP contribution in [-0.2, 0) is 6.42 Å². The van der Waals surface area contributed by atoms with Crippen molar-refractivity contribution in [3.05, 3.63) is 39.2 Å². The molecule has 0 saturated carbocycles. The van der Waals surface area contributed by atoms with Crippen LogP contribution in [0.2, 0.25) is 0 Å². The van der Waals surface area contributed by atoms with Gasteiger partial charge in [0.05, 0.1) is 23.0 Å². The van der Waals surface area contributed by atoms with Crippen molar-refractivity contribution in [3.8, 4) is 0 Å². The zero-order chi connectivity index (χ0) is 13.1. The molecule has 2 aromatic heterocycles. The number of thiazole rings is 1. The van der Waals surface area contributed by atoms with Gasteiger partial charge < -0.3 is 9.73 Å². The number of hydrogen-bond acceptors (Lipinski definition) is 4. The van der Waals surface area contributed by atoms with E-state index in [-0.39, 0.29) is 6.04 Å². The van der Waals surface area contributed by atoms with Gasteiger partial charge in [-0.25, -0.2) is 4.98 Å². The molecule has 0 aliphatic heterocycles. The van der Waals surface area contributed by atoms with Gasteiger partial charge in [0.25, 0.3) is 0 Å². The normalized spacial score (nSPS) is 12.9. The second-order valence-corrected chi connectivity index (χ2v) is 5.82. The first-order valence-corrected chi connectivity index (χ1v) is 7.13. The van der Waals surface area contributed by atoms with Crippen LogP contribution < -0.4 is 5.32 Å². The lowest BCUT2D eigenvalue weighted by Gasteiger charge is -2.15. The largest absolute Gasteiger partial charge is 0.467 e. The van der Waals surface area contributed by atoms with E-state index < -0.39 is 0 Å². The summed E-state index contributed by atoms with van der Waals surface area (Å²) in [7, 11) is 0. The van der Waals surface area contributed by atoms with Crippen molar-refractivity contribution in [2.24, 2.45) is 0 Å². The van der Waals surface area contributed by atoms with Crippen LogP contribution in [-0.4, -0.2) is 11.5 Å². The monoisotopic (exact) mass is 264 g/mol. The van der Waals surface area contributed by atoms with Crippen LogP contribution in [0.15, 0.2) is 16.7 Å². The molecule has 1 N–H and O–H groups in total. The van der Waals surface area contributed by atoms with Crippen LogP contribution in [0, 0.1) is 20.8 Å². The molecule has 18 heavy (non-hydrogen) atoms. The molecule has 0 saturated heterocycles. The molecule has 4 heteroatoms. The van der Waals surface area contributed by atoms with Crippen LogP contribution in [0.4, 0.5) is 0 Å². The Kier molecular flexibility index (Phi) is 4.19. The van der Waals surface area contributed by atoms with Gasteiger partial charge in [-0.2, -0.15) is 0 Å². The first kappa shape index (κ1) is 13.3. The summed E-state index contributed by atoms with van der Waals surface area (Å²) >= 11 is 1.78. The van der Waals surface area contributed by atoms with Gasteiger partial charge in [-0.3, -0.25) is 0 Å². The number of nitrogens with zero attached hydrogens (tertiary/aromatic N) is 1. The summed E-state index contributed by atoms with van der Waals surface area (Å²) in [4.78, 5) is 5.91. The zero-order valence-corrected chi connectivity index (χ0v) is 12.2. The number of furan rings is 1. The van der Waals surface area contributed by atoms with Crippen molar-refractivity contribution in [1.29, 1.82) is 0 Å². The molecule has 0 amide bonds. The van der Waals surface area contributed by atoms with Crippen LogP contribution in [0.25, 0.3) is 0 Å². The van der Waals surface area contributed by atoms with E-state index in [9.17, 15) is 0 Å². The van der Waals surface area contributed by atoms with Crippen molar-refractivity contribution in [2.45, 2.75) is 40.2 Å². The molecule has 98 valence electrons. The zero-order valence-electron chi connectivity index (χ0n) is 11.4. The van der Waals surface area contributed by atoms with E-state index in [0.29, 0.717) is 0 Å². The Bertz CT molecular complexity index is 496. The smallest absolute Gasteiger partial charge is 0.123 e. The van der Waals surface area contributed by atoms with E-state index in [1.54, 1.807) is 17.6 Å². The standard InChI is InChI=1S/C14H20N2OS/c1-5-15-12(14-9(2)6-7-17-14)8-13-16-10(3)11(4)18-13/h6-7,12,15H,5,8H2,1-4H3. The molecule has 2 rings (SSSR count). The lowest BCUT2D eigenvalue weighted by atomic mass is 10.1. The van der Waals surface area contributed by atoms with Gasteiger partial charge in [-0.05, 0) is 38.9 Å². The predicted octanol–water partition coefficient (Wildman–Crippen LogP) is 3.55. The number of rotatable bonds is 5. The Morgan fingerprint density at radius 1 is 1.39 bits per heavy atom. The molecule has 2 aromatic rings. The average Bonchev–Trinajstić information content (AvgIpc) is 2.86. The van der Waals surface area contributed by atoms with E-state index in [2.05, 4.69) is 38.0 Å². The minimum Gasteiger partial charge on any atom is -0.467 e. The second kappa shape index (κ2) is 5.67. The highest BCUT2D eigenvalue weighted by Crippen LogP contribution is 2.25. The molecule has 0 aliphatic rings. The third kappa shape index (κ3) is 2.82. The maximum absolute atomic E-state index is 5.60. The molecule has 3 nitrogen and oxygen atoms in total. The van der Waals surface area contributed by atoms with Crippen molar-refractivity contribution >= 4 is 11.3 Å². The molecule has 2 heterocycles. The van der Waals surface area contributed by atoms with Gasteiger partial charge in [0.2, 0.25) is 0 Å². The van der Waals surface area contributed by atoms with Gasteiger partial charge in [0.15, 0.2) is 0 Å². The molecule has 0 aromatic carbocycles. The number of aryl methyl sites for hydroxylation is 3. The molecule has 0 spiro atoms. The summed E-state index contributed by atoms with van der Waals surface area (Å²) in [6, 6.07) is 2.23. The van der Waals surface area contributed by atoms with Crippen LogP contribution >= 0.6 is 11.3 Å². The topological polar surface area (TPSA) is 38.1 Å². The molecule has 1 atom stereocenters. The van der Waals surface area contributed by atoms with Crippen LogP contribution in [0.5, 0.6) is 0 Å². The molecule has 0 radical (unpaired) electrons. The highest BCUT2D eigenvalue weighted by molar-refractivity contribution is 7.11. The lowest BCUT2D eigenvalue weighted by Crippen LogP contribution is -2.23. The fourth-order valence-corrected chi connectivity index (χ4v) is 3.03. The SMILES string of the molecule is CCNC(Cc1nc(C)c(C)s1)c1occc1C. The Hall–Kier alpha value is -1.13. The Morgan fingerprint density at radius 2 is 2.17 bits per heavy atom. The minimum absolute atomic E-state index is 0.218. The molecule has 1 unspecified atom stereocenters. The van der Waals surface area contributed by atoms with Gasteiger partial charge in [-0.1, -0.05) is 6.92 Å². The highest BCUT2D eigenvalue weighted by atomic mass is 32.1.